The SMILES string of the molecule is Cc1nc2scc(C)n2c1CNC(CO)C(C)C. The van der Waals surface area contributed by atoms with Crippen molar-refractivity contribution in [3.05, 3.63) is 22.5 Å². The largest absolute Gasteiger partial charge is 0.395 e. The van der Waals surface area contributed by atoms with Gasteiger partial charge in [-0.25, -0.2) is 4.98 Å². The monoisotopic (exact) mass is 267 g/mol. The smallest absolute Gasteiger partial charge is 0.194 e. The van der Waals surface area contributed by atoms with Crippen LogP contribution in [0.5, 0.6) is 0 Å². The van der Waals surface area contributed by atoms with Crippen molar-refractivity contribution < 1.29 is 5.11 Å². The maximum Gasteiger partial charge on any atom is 0.194 e. The number of aliphatic hydroxyl groups is 1. The van der Waals surface area contributed by atoms with Crippen LogP contribution in [0.25, 0.3) is 4.96 Å². The summed E-state index contributed by atoms with van der Waals surface area (Å²) in [4.78, 5) is 5.61. The number of hydrogen-bond acceptors (Lipinski definition) is 4. The molecule has 2 aromatic heterocycles. The van der Waals surface area contributed by atoms with E-state index in [1.165, 1.54) is 11.4 Å². The molecule has 4 nitrogen and oxygen atoms in total. The first-order chi connectivity index (χ1) is 8.54. The lowest BCUT2D eigenvalue weighted by atomic mass is 10.1. The lowest BCUT2D eigenvalue weighted by molar-refractivity contribution is 0.209. The van der Waals surface area contributed by atoms with Crippen LogP contribution in [0.3, 0.4) is 0 Å². The first-order valence-corrected chi connectivity index (χ1v) is 7.18. The van der Waals surface area contributed by atoms with Crippen LogP contribution in [0, 0.1) is 19.8 Å². The van der Waals surface area contributed by atoms with E-state index in [1.807, 2.05) is 6.92 Å². The number of nitrogens with zero attached hydrogens (tertiary/aromatic N) is 2. The number of thiazole rings is 1. The molecule has 2 rings (SSSR count). The molecule has 2 aromatic rings. The average Bonchev–Trinajstić information content (AvgIpc) is 2.81. The Morgan fingerprint density at radius 3 is 2.78 bits per heavy atom. The minimum absolute atomic E-state index is 0.133. The van der Waals surface area contributed by atoms with Crippen molar-refractivity contribution in [1.29, 1.82) is 0 Å². The van der Waals surface area contributed by atoms with E-state index in [9.17, 15) is 5.11 Å². The van der Waals surface area contributed by atoms with Gasteiger partial charge in [-0.05, 0) is 19.8 Å². The highest BCUT2D eigenvalue weighted by atomic mass is 32.1. The van der Waals surface area contributed by atoms with Crippen LogP contribution in [-0.2, 0) is 6.54 Å². The van der Waals surface area contributed by atoms with Crippen molar-refractivity contribution in [2.75, 3.05) is 6.61 Å². The van der Waals surface area contributed by atoms with Gasteiger partial charge in [-0.1, -0.05) is 13.8 Å². The maximum absolute atomic E-state index is 9.34. The summed E-state index contributed by atoms with van der Waals surface area (Å²) in [7, 11) is 0. The van der Waals surface area contributed by atoms with Gasteiger partial charge >= 0.3 is 0 Å². The van der Waals surface area contributed by atoms with Gasteiger partial charge in [0.25, 0.3) is 0 Å². The zero-order valence-electron chi connectivity index (χ0n) is 11.4. The van der Waals surface area contributed by atoms with Crippen molar-refractivity contribution in [3.63, 3.8) is 0 Å². The second kappa shape index (κ2) is 5.38. The minimum atomic E-state index is 0.133. The highest BCUT2D eigenvalue weighted by molar-refractivity contribution is 7.15. The molecular formula is C13H21N3OS. The lowest BCUT2D eigenvalue weighted by Crippen LogP contribution is -2.36. The zero-order valence-corrected chi connectivity index (χ0v) is 12.2. The van der Waals surface area contributed by atoms with Gasteiger partial charge in [-0.2, -0.15) is 0 Å². The highest BCUT2D eigenvalue weighted by Crippen LogP contribution is 2.20. The molecule has 2 heterocycles. The molecule has 0 spiro atoms. The lowest BCUT2D eigenvalue weighted by Gasteiger charge is -2.20. The molecule has 0 aliphatic rings. The minimum Gasteiger partial charge on any atom is -0.395 e. The molecule has 1 unspecified atom stereocenters. The topological polar surface area (TPSA) is 49.6 Å². The number of hydrogen-bond donors (Lipinski definition) is 2. The quantitative estimate of drug-likeness (QED) is 0.872. The molecule has 0 aliphatic heterocycles. The van der Waals surface area contributed by atoms with Crippen LogP contribution in [0.4, 0.5) is 0 Å². The number of imidazole rings is 1. The van der Waals surface area contributed by atoms with E-state index < -0.39 is 0 Å². The van der Waals surface area contributed by atoms with Crippen molar-refractivity contribution in [2.45, 2.75) is 40.3 Å². The molecule has 2 N–H and O–H groups in total. The fraction of sp³-hybridized carbons (Fsp3) is 0.615. The van der Waals surface area contributed by atoms with Gasteiger partial charge in [0.15, 0.2) is 4.96 Å². The third-order valence-electron chi connectivity index (χ3n) is 3.36. The summed E-state index contributed by atoms with van der Waals surface area (Å²) in [5.41, 5.74) is 3.48. The number of aliphatic hydroxyl groups excluding tert-OH is 1. The molecule has 0 aliphatic carbocycles. The Morgan fingerprint density at radius 2 is 2.17 bits per heavy atom. The Morgan fingerprint density at radius 1 is 1.44 bits per heavy atom. The average molecular weight is 267 g/mol. The van der Waals surface area contributed by atoms with Gasteiger partial charge in [0.1, 0.15) is 0 Å². The standard InChI is InChI=1S/C13H21N3OS/c1-8(2)11(6-17)14-5-12-10(4)15-13-16(12)9(3)7-18-13/h7-8,11,14,17H,5-6H2,1-4H3. The Hall–Kier alpha value is -0.910. The fourth-order valence-corrected chi connectivity index (χ4v) is 3.05. The molecule has 0 saturated heterocycles. The molecule has 0 amide bonds. The third-order valence-corrected chi connectivity index (χ3v) is 4.31. The van der Waals surface area contributed by atoms with Crippen LogP contribution in [0.15, 0.2) is 5.38 Å². The first kappa shape index (κ1) is 13.5. The summed E-state index contributed by atoms with van der Waals surface area (Å²) in [6.07, 6.45) is 0. The predicted molar refractivity (Wildman–Crippen MR) is 75.1 cm³/mol. The molecule has 1 atom stereocenters. The molecule has 0 bridgehead atoms. The van der Waals surface area contributed by atoms with Crippen molar-refractivity contribution in [1.82, 2.24) is 14.7 Å². The molecule has 0 saturated carbocycles. The molecule has 100 valence electrons. The molecule has 18 heavy (non-hydrogen) atoms. The fourth-order valence-electron chi connectivity index (χ4n) is 2.11. The van der Waals surface area contributed by atoms with E-state index in [0.29, 0.717) is 5.92 Å². The maximum atomic E-state index is 9.34. The van der Waals surface area contributed by atoms with Gasteiger partial charge in [-0.3, -0.25) is 4.40 Å². The summed E-state index contributed by atoms with van der Waals surface area (Å²) < 4.78 is 2.20. The summed E-state index contributed by atoms with van der Waals surface area (Å²) in [5, 5.41) is 14.9. The number of aromatic nitrogens is 2. The number of fused-ring (bicyclic) bond motifs is 1. The molecular weight excluding hydrogens is 246 g/mol. The molecule has 0 fully saturated rings. The second-order valence-electron chi connectivity index (χ2n) is 5.05. The van der Waals surface area contributed by atoms with E-state index in [0.717, 1.165) is 17.2 Å². The van der Waals surface area contributed by atoms with Gasteiger partial charge in [0.2, 0.25) is 0 Å². The van der Waals surface area contributed by atoms with Crippen LogP contribution < -0.4 is 5.32 Å². The Balaban J connectivity index is 2.20. The van der Waals surface area contributed by atoms with Crippen LogP contribution >= 0.6 is 11.3 Å². The Bertz CT molecular complexity index is 530. The summed E-state index contributed by atoms with van der Waals surface area (Å²) in [6.45, 7) is 9.28. The van der Waals surface area contributed by atoms with Crippen LogP contribution in [0.2, 0.25) is 0 Å². The predicted octanol–water partition coefficient (Wildman–Crippen LogP) is 2.12. The van der Waals surface area contributed by atoms with Gasteiger partial charge in [-0.15, -0.1) is 11.3 Å². The second-order valence-corrected chi connectivity index (χ2v) is 5.89. The van der Waals surface area contributed by atoms with Gasteiger partial charge < -0.3 is 10.4 Å². The van der Waals surface area contributed by atoms with E-state index in [4.69, 9.17) is 0 Å². The van der Waals surface area contributed by atoms with Crippen molar-refractivity contribution in [3.8, 4) is 0 Å². The third kappa shape index (κ3) is 2.43. The Kier molecular flexibility index (Phi) is 4.04. The molecule has 5 heteroatoms. The normalized spacial score (nSPS) is 13.7. The van der Waals surface area contributed by atoms with Crippen molar-refractivity contribution >= 4 is 16.3 Å². The van der Waals surface area contributed by atoms with Gasteiger partial charge in [0.05, 0.1) is 18.0 Å². The van der Waals surface area contributed by atoms with E-state index in [-0.39, 0.29) is 12.6 Å². The molecule has 0 aromatic carbocycles. The van der Waals surface area contributed by atoms with E-state index in [2.05, 4.69) is 40.9 Å². The summed E-state index contributed by atoms with van der Waals surface area (Å²) in [5.74, 6) is 0.419. The van der Waals surface area contributed by atoms with Crippen LogP contribution in [-0.4, -0.2) is 27.1 Å². The van der Waals surface area contributed by atoms with E-state index in [1.54, 1.807) is 11.3 Å². The number of rotatable bonds is 5. The van der Waals surface area contributed by atoms with Crippen LogP contribution in [0.1, 0.15) is 30.9 Å². The summed E-state index contributed by atoms with van der Waals surface area (Å²) >= 11 is 1.67. The Labute approximate surface area is 112 Å². The highest BCUT2D eigenvalue weighted by Gasteiger charge is 2.15. The number of aryl methyl sites for hydroxylation is 2. The number of nitrogens with one attached hydrogen (secondary N) is 1. The van der Waals surface area contributed by atoms with Crippen molar-refractivity contribution in [2.24, 2.45) is 5.92 Å². The zero-order chi connectivity index (χ0) is 13.3. The van der Waals surface area contributed by atoms with Gasteiger partial charge in [0, 0.05) is 23.7 Å². The van der Waals surface area contributed by atoms with E-state index >= 15 is 0 Å². The first-order valence-electron chi connectivity index (χ1n) is 6.30. The molecule has 0 radical (unpaired) electrons. The summed E-state index contributed by atoms with van der Waals surface area (Å²) in [6, 6.07) is 0.133.